The fraction of sp³-hybridized carbons (Fsp3) is 0.452. The molecule has 4 rings (SSSR count). The van der Waals surface area contributed by atoms with E-state index < -0.39 is 53.4 Å². The van der Waals surface area contributed by atoms with E-state index in [0.29, 0.717) is 32.0 Å². The smallest absolute Gasteiger partial charge is 0.407 e. The molecule has 0 saturated carbocycles. The first-order valence-corrected chi connectivity index (χ1v) is 14.5. The predicted molar refractivity (Wildman–Crippen MR) is 159 cm³/mol. The number of rotatable bonds is 8. The molecule has 4 amide bonds. The van der Waals surface area contributed by atoms with Gasteiger partial charge in [0.15, 0.2) is 6.10 Å². The summed E-state index contributed by atoms with van der Waals surface area (Å²) in [5, 5.41) is 5.26. The summed E-state index contributed by atoms with van der Waals surface area (Å²) in [4.78, 5) is 66.5. The highest BCUT2D eigenvalue weighted by molar-refractivity contribution is 6.05. The number of nitrogens with one attached hydrogen (secondary N) is 2. The molecular formula is C31H37FN4O9. The summed E-state index contributed by atoms with van der Waals surface area (Å²) in [6.07, 6.45) is -3.74. The van der Waals surface area contributed by atoms with E-state index >= 15 is 0 Å². The van der Waals surface area contributed by atoms with Gasteiger partial charge in [-0.2, -0.15) is 0 Å². The molecule has 2 aliphatic heterocycles. The SMILES string of the molecule is CC(=O)O[C@@H](C(=O)Nc1ccc(CNC(=O)OC(C)(C)C)cc1)[C@H]1OCCN(c2ccc(F)c(C(=O)N3CCOCC3)c2)C1=O. The van der Waals surface area contributed by atoms with Gasteiger partial charge in [0.1, 0.15) is 11.4 Å². The van der Waals surface area contributed by atoms with Crippen molar-refractivity contribution in [2.75, 3.05) is 49.7 Å². The Labute approximate surface area is 259 Å². The lowest BCUT2D eigenvalue weighted by molar-refractivity contribution is -0.167. The number of esters is 1. The maximum absolute atomic E-state index is 14.7. The average molecular weight is 629 g/mol. The Hall–Kier alpha value is -4.56. The van der Waals surface area contributed by atoms with Crippen LogP contribution in [0.5, 0.6) is 0 Å². The highest BCUT2D eigenvalue weighted by Crippen LogP contribution is 2.26. The molecule has 2 aromatic rings. The third-order valence-corrected chi connectivity index (χ3v) is 6.80. The number of ether oxygens (including phenoxy) is 4. The van der Waals surface area contributed by atoms with Crippen LogP contribution in [-0.2, 0) is 39.9 Å². The number of benzene rings is 2. The summed E-state index contributed by atoms with van der Waals surface area (Å²) >= 11 is 0. The molecule has 2 fully saturated rings. The minimum atomic E-state index is -1.65. The normalized spacial score (nSPS) is 17.7. The monoisotopic (exact) mass is 628 g/mol. The van der Waals surface area contributed by atoms with E-state index in [4.69, 9.17) is 18.9 Å². The van der Waals surface area contributed by atoms with Gasteiger partial charge >= 0.3 is 12.1 Å². The molecular weight excluding hydrogens is 591 g/mol. The van der Waals surface area contributed by atoms with Crippen molar-refractivity contribution in [1.29, 1.82) is 0 Å². The molecule has 2 N–H and O–H groups in total. The van der Waals surface area contributed by atoms with Gasteiger partial charge in [-0.15, -0.1) is 0 Å². The van der Waals surface area contributed by atoms with E-state index in [1.54, 1.807) is 45.0 Å². The summed E-state index contributed by atoms with van der Waals surface area (Å²) in [5.74, 6) is -3.60. The van der Waals surface area contributed by atoms with Gasteiger partial charge in [-0.1, -0.05) is 12.1 Å². The van der Waals surface area contributed by atoms with E-state index in [1.165, 1.54) is 21.9 Å². The summed E-state index contributed by atoms with van der Waals surface area (Å²) in [6, 6.07) is 10.2. The second kappa shape index (κ2) is 14.5. The Kier molecular flexibility index (Phi) is 10.7. The third kappa shape index (κ3) is 8.99. The molecule has 2 saturated heterocycles. The molecule has 0 aliphatic carbocycles. The molecule has 0 bridgehead atoms. The Bertz CT molecular complexity index is 1420. The van der Waals surface area contributed by atoms with Crippen molar-refractivity contribution in [2.45, 2.75) is 52.0 Å². The van der Waals surface area contributed by atoms with Gasteiger partial charge in [0, 0.05) is 44.5 Å². The van der Waals surface area contributed by atoms with Crippen LogP contribution in [0.15, 0.2) is 42.5 Å². The maximum atomic E-state index is 14.7. The molecule has 2 aliphatic rings. The molecule has 2 aromatic carbocycles. The minimum absolute atomic E-state index is 0.0229. The van der Waals surface area contributed by atoms with Crippen molar-refractivity contribution in [1.82, 2.24) is 10.2 Å². The van der Waals surface area contributed by atoms with Crippen molar-refractivity contribution in [2.24, 2.45) is 0 Å². The fourth-order valence-corrected chi connectivity index (χ4v) is 4.70. The average Bonchev–Trinajstić information content (AvgIpc) is 2.99. The van der Waals surface area contributed by atoms with Gasteiger partial charge in [-0.25, -0.2) is 9.18 Å². The molecule has 13 nitrogen and oxygen atoms in total. The first-order valence-electron chi connectivity index (χ1n) is 14.5. The van der Waals surface area contributed by atoms with Crippen LogP contribution < -0.4 is 15.5 Å². The van der Waals surface area contributed by atoms with Crippen molar-refractivity contribution in [3.05, 3.63) is 59.4 Å². The number of carbonyl (C=O) groups excluding carboxylic acids is 5. The summed E-state index contributed by atoms with van der Waals surface area (Å²) in [7, 11) is 0. The minimum Gasteiger partial charge on any atom is -0.449 e. The lowest BCUT2D eigenvalue weighted by atomic mass is 10.1. The molecule has 0 unspecified atom stereocenters. The number of amides is 4. The Morgan fingerprint density at radius 2 is 1.71 bits per heavy atom. The predicted octanol–water partition coefficient (Wildman–Crippen LogP) is 2.62. The highest BCUT2D eigenvalue weighted by atomic mass is 19.1. The second-order valence-corrected chi connectivity index (χ2v) is 11.4. The molecule has 0 spiro atoms. The second-order valence-electron chi connectivity index (χ2n) is 11.4. The Morgan fingerprint density at radius 1 is 1.02 bits per heavy atom. The topological polar surface area (TPSA) is 153 Å². The largest absolute Gasteiger partial charge is 0.449 e. The van der Waals surface area contributed by atoms with E-state index in [2.05, 4.69) is 10.6 Å². The quantitative estimate of drug-likeness (QED) is 0.420. The van der Waals surface area contributed by atoms with Gasteiger partial charge in [-0.05, 0) is 56.7 Å². The lowest BCUT2D eigenvalue weighted by Gasteiger charge is -2.35. The number of hydrogen-bond acceptors (Lipinski definition) is 9. The van der Waals surface area contributed by atoms with Crippen LogP contribution in [0.25, 0.3) is 0 Å². The molecule has 2 heterocycles. The number of morpholine rings is 2. The van der Waals surface area contributed by atoms with Gasteiger partial charge in [-0.3, -0.25) is 19.2 Å². The van der Waals surface area contributed by atoms with Crippen LogP contribution in [0.2, 0.25) is 0 Å². The van der Waals surface area contributed by atoms with Crippen LogP contribution in [-0.4, -0.2) is 91.9 Å². The van der Waals surface area contributed by atoms with E-state index in [9.17, 15) is 28.4 Å². The van der Waals surface area contributed by atoms with Crippen LogP contribution in [0.1, 0.15) is 43.6 Å². The van der Waals surface area contributed by atoms with Gasteiger partial charge in [0.25, 0.3) is 17.7 Å². The van der Waals surface area contributed by atoms with Crippen molar-refractivity contribution in [3.8, 4) is 0 Å². The molecule has 14 heteroatoms. The Morgan fingerprint density at radius 3 is 2.36 bits per heavy atom. The highest BCUT2D eigenvalue weighted by Gasteiger charge is 2.43. The first-order chi connectivity index (χ1) is 21.3. The zero-order valence-corrected chi connectivity index (χ0v) is 25.6. The standard InChI is InChI=1S/C31H37FN4O9/c1-19(37)44-25(27(38)34-21-7-5-20(6-8-21)18-33-30(41)45-31(2,3)4)26-29(40)36(13-16-43-26)22-9-10-24(32)23(17-22)28(39)35-11-14-42-15-12-35/h5-10,17,25-26H,11-16,18H2,1-4H3,(H,33,41)(H,34,38)/t25-,26-/m1/s1. The molecule has 242 valence electrons. The Balaban J connectivity index is 1.45. The van der Waals surface area contributed by atoms with Crippen molar-refractivity contribution in [3.63, 3.8) is 0 Å². The van der Waals surface area contributed by atoms with Crippen molar-refractivity contribution >= 4 is 41.2 Å². The van der Waals surface area contributed by atoms with Crippen LogP contribution in [0, 0.1) is 5.82 Å². The number of hydrogen-bond donors (Lipinski definition) is 2. The number of nitrogens with zero attached hydrogens (tertiary/aromatic N) is 2. The number of anilines is 2. The zero-order chi connectivity index (χ0) is 32.7. The van der Waals surface area contributed by atoms with Gasteiger partial charge in [0.2, 0.25) is 6.10 Å². The summed E-state index contributed by atoms with van der Waals surface area (Å²) < 4.78 is 36.1. The fourth-order valence-electron chi connectivity index (χ4n) is 4.70. The van der Waals surface area contributed by atoms with Crippen molar-refractivity contribution < 1.29 is 47.3 Å². The number of halogens is 1. The molecule has 2 atom stereocenters. The van der Waals surface area contributed by atoms with E-state index in [-0.39, 0.29) is 30.9 Å². The van der Waals surface area contributed by atoms with Crippen LogP contribution >= 0.6 is 0 Å². The lowest BCUT2D eigenvalue weighted by Crippen LogP contribution is -2.56. The molecule has 0 aromatic heterocycles. The van der Waals surface area contributed by atoms with E-state index in [1.807, 2.05) is 0 Å². The molecule has 45 heavy (non-hydrogen) atoms. The van der Waals surface area contributed by atoms with Gasteiger partial charge in [0.05, 0.1) is 25.4 Å². The van der Waals surface area contributed by atoms with Gasteiger partial charge < -0.3 is 39.4 Å². The third-order valence-electron chi connectivity index (χ3n) is 6.80. The zero-order valence-electron chi connectivity index (χ0n) is 25.6. The summed E-state index contributed by atoms with van der Waals surface area (Å²) in [6.45, 7) is 7.88. The van der Waals surface area contributed by atoms with Crippen LogP contribution in [0.4, 0.5) is 20.6 Å². The number of alkyl carbamates (subject to hydrolysis) is 1. The molecule has 0 radical (unpaired) electrons. The van der Waals surface area contributed by atoms with E-state index in [0.717, 1.165) is 18.6 Å². The maximum Gasteiger partial charge on any atom is 0.407 e. The number of carbonyl (C=O) groups is 5. The first kappa shape index (κ1) is 33.3. The van der Waals surface area contributed by atoms with Crippen LogP contribution in [0.3, 0.4) is 0 Å². The summed E-state index contributed by atoms with van der Waals surface area (Å²) in [5.41, 5.74) is 0.445.